The number of nitrogens with zero attached hydrogens (tertiary/aromatic N) is 1. The predicted molar refractivity (Wildman–Crippen MR) is 142 cm³/mol. The Morgan fingerprint density at radius 1 is 1.15 bits per heavy atom. The molecule has 6 nitrogen and oxygen atoms in total. The molecule has 1 amide bonds. The smallest absolute Gasteiger partial charge is 0.257 e. The molecule has 174 valence electrons. The monoisotopic (exact) mass is 491 g/mol. The number of hydrogen-bond acceptors (Lipinski definition) is 6. The molecule has 0 fully saturated rings. The molecular weight excluding hydrogens is 466 g/mol. The number of amides is 1. The molecule has 4 aromatic rings. The number of phenolic OH excluding ortho intramolecular Hbond substituents is 1. The third-order valence-corrected chi connectivity index (χ3v) is 6.45. The number of aromatic nitrogens is 1. The van der Waals surface area contributed by atoms with Crippen LogP contribution in [-0.2, 0) is 0 Å². The fraction of sp³-hybridized carbons (Fsp3) is 0.192. The minimum atomic E-state index is -0.333. The van der Waals surface area contributed by atoms with Gasteiger partial charge in [-0.2, -0.15) is 0 Å². The first-order valence-electron chi connectivity index (χ1n) is 11.0. The summed E-state index contributed by atoms with van der Waals surface area (Å²) < 4.78 is 6.72. The molecule has 0 aliphatic carbocycles. The lowest BCUT2D eigenvalue weighted by Crippen LogP contribution is -2.34. The van der Waals surface area contributed by atoms with E-state index < -0.39 is 0 Å². The number of para-hydroxylation sites is 1. The number of benzene rings is 3. The van der Waals surface area contributed by atoms with Crippen molar-refractivity contribution in [2.75, 3.05) is 11.9 Å². The molecule has 3 N–H and O–H groups in total. The second kappa shape index (κ2) is 10.6. The van der Waals surface area contributed by atoms with Crippen LogP contribution in [0.15, 0.2) is 60.7 Å². The average molecular weight is 492 g/mol. The number of carbonyl (C=O) groups is 1. The third-order valence-electron chi connectivity index (χ3n) is 5.17. The van der Waals surface area contributed by atoms with Gasteiger partial charge in [-0.3, -0.25) is 10.1 Å². The van der Waals surface area contributed by atoms with Crippen molar-refractivity contribution in [1.29, 1.82) is 0 Å². The van der Waals surface area contributed by atoms with Crippen molar-refractivity contribution in [2.24, 2.45) is 0 Å². The molecule has 0 atom stereocenters. The first-order valence-corrected chi connectivity index (χ1v) is 12.2. The summed E-state index contributed by atoms with van der Waals surface area (Å²) in [7, 11) is 0. The standard InChI is InChI=1S/C26H25N3O3S2/c1-3-4-12-32-19-9-7-8-17(14-19)24(31)29-26(33)27-18-13-16(2)23(30)20(15-18)25-28-21-10-5-6-11-22(21)34-25/h5-11,13-15,30H,3-4,12H2,1-2H3,(H2,27,29,31,33). The van der Waals surface area contributed by atoms with Crippen LogP contribution in [0.1, 0.15) is 35.7 Å². The van der Waals surface area contributed by atoms with E-state index >= 15 is 0 Å². The number of thiocarbonyl (C=S) groups is 1. The van der Waals surface area contributed by atoms with Gasteiger partial charge in [0.1, 0.15) is 16.5 Å². The fourth-order valence-corrected chi connectivity index (χ4v) is 4.59. The molecule has 34 heavy (non-hydrogen) atoms. The molecule has 0 unspecified atom stereocenters. The van der Waals surface area contributed by atoms with Crippen LogP contribution >= 0.6 is 23.6 Å². The van der Waals surface area contributed by atoms with Crippen molar-refractivity contribution in [3.05, 3.63) is 71.8 Å². The molecule has 3 aromatic carbocycles. The molecule has 4 rings (SSSR count). The Hall–Kier alpha value is -3.49. The summed E-state index contributed by atoms with van der Waals surface area (Å²) in [5, 5.41) is 17.3. The van der Waals surface area contributed by atoms with Gasteiger partial charge in [-0.25, -0.2) is 4.98 Å². The maximum Gasteiger partial charge on any atom is 0.257 e. The van der Waals surface area contributed by atoms with Crippen LogP contribution < -0.4 is 15.4 Å². The SMILES string of the molecule is CCCCOc1cccc(C(=O)NC(=S)Nc2cc(C)c(O)c(-c3nc4ccccc4s3)c2)c1. The van der Waals surface area contributed by atoms with Crippen molar-refractivity contribution in [3.8, 4) is 22.1 Å². The summed E-state index contributed by atoms with van der Waals surface area (Å²) in [5.74, 6) is 0.481. The Morgan fingerprint density at radius 3 is 2.76 bits per heavy atom. The first-order chi connectivity index (χ1) is 16.4. The summed E-state index contributed by atoms with van der Waals surface area (Å²) in [6.07, 6.45) is 1.99. The molecule has 0 saturated heterocycles. The first kappa shape index (κ1) is 23.7. The minimum absolute atomic E-state index is 0.155. The Morgan fingerprint density at radius 2 is 1.97 bits per heavy atom. The number of unbranched alkanes of at least 4 members (excludes halogenated alkanes) is 1. The number of ether oxygens (including phenoxy) is 1. The van der Waals surface area contributed by atoms with Crippen LogP contribution in [0, 0.1) is 6.92 Å². The number of nitrogens with one attached hydrogen (secondary N) is 2. The van der Waals surface area contributed by atoms with Crippen molar-refractivity contribution in [3.63, 3.8) is 0 Å². The Labute approximate surface area is 207 Å². The highest BCUT2D eigenvalue weighted by Gasteiger charge is 2.15. The van der Waals surface area contributed by atoms with Crippen molar-refractivity contribution in [1.82, 2.24) is 10.3 Å². The van der Waals surface area contributed by atoms with Crippen molar-refractivity contribution in [2.45, 2.75) is 26.7 Å². The summed E-state index contributed by atoms with van der Waals surface area (Å²) in [6.45, 7) is 4.51. The maximum atomic E-state index is 12.7. The average Bonchev–Trinajstić information content (AvgIpc) is 3.25. The van der Waals surface area contributed by atoms with Gasteiger partial charge in [0.25, 0.3) is 5.91 Å². The van der Waals surface area contributed by atoms with Crippen LogP contribution in [0.5, 0.6) is 11.5 Å². The van der Waals surface area contributed by atoms with E-state index in [0.717, 1.165) is 23.1 Å². The zero-order chi connectivity index (χ0) is 24.1. The summed E-state index contributed by atoms with van der Waals surface area (Å²) >= 11 is 6.87. The number of thiazole rings is 1. The van der Waals surface area contributed by atoms with E-state index in [9.17, 15) is 9.90 Å². The third kappa shape index (κ3) is 5.52. The quantitative estimate of drug-likeness (QED) is 0.160. The number of aryl methyl sites for hydroxylation is 1. The fourth-order valence-electron chi connectivity index (χ4n) is 3.40. The van der Waals surface area contributed by atoms with E-state index in [0.29, 0.717) is 39.7 Å². The molecule has 0 aliphatic heterocycles. The lowest BCUT2D eigenvalue weighted by molar-refractivity contribution is 0.0977. The molecule has 8 heteroatoms. The van der Waals surface area contributed by atoms with E-state index in [1.165, 1.54) is 11.3 Å². The van der Waals surface area contributed by atoms with E-state index in [2.05, 4.69) is 22.5 Å². The van der Waals surface area contributed by atoms with Crippen molar-refractivity contribution >= 4 is 50.5 Å². The lowest BCUT2D eigenvalue weighted by Gasteiger charge is -2.13. The minimum Gasteiger partial charge on any atom is -0.507 e. The van der Waals surface area contributed by atoms with Crippen LogP contribution in [0.3, 0.4) is 0 Å². The van der Waals surface area contributed by atoms with Gasteiger partial charge in [0, 0.05) is 11.3 Å². The molecule has 1 heterocycles. The van der Waals surface area contributed by atoms with E-state index in [1.54, 1.807) is 30.3 Å². The Kier molecular flexibility index (Phi) is 7.40. The van der Waals surface area contributed by atoms with Gasteiger partial charge in [0.15, 0.2) is 5.11 Å². The summed E-state index contributed by atoms with van der Waals surface area (Å²) in [4.78, 5) is 17.3. The van der Waals surface area contributed by atoms with Crippen molar-refractivity contribution < 1.29 is 14.6 Å². The number of aromatic hydroxyl groups is 1. The topological polar surface area (TPSA) is 83.5 Å². The Bertz CT molecular complexity index is 1320. The van der Waals surface area contributed by atoms with Crippen LogP contribution in [0.2, 0.25) is 0 Å². The normalized spacial score (nSPS) is 10.8. The van der Waals surface area contributed by atoms with E-state index in [4.69, 9.17) is 17.0 Å². The van der Waals surface area contributed by atoms with Gasteiger partial charge in [-0.05, 0) is 73.6 Å². The van der Waals surface area contributed by atoms with Gasteiger partial charge in [0.2, 0.25) is 0 Å². The number of hydrogen-bond donors (Lipinski definition) is 3. The highest BCUT2D eigenvalue weighted by atomic mass is 32.1. The molecule has 0 bridgehead atoms. The molecule has 0 spiro atoms. The molecular formula is C26H25N3O3S2. The van der Waals surface area contributed by atoms with Gasteiger partial charge < -0.3 is 15.2 Å². The van der Waals surface area contributed by atoms with Gasteiger partial charge in [0.05, 0.1) is 22.4 Å². The number of anilines is 1. The van der Waals surface area contributed by atoms with Gasteiger partial charge in [-0.1, -0.05) is 31.5 Å². The number of rotatable bonds is 7. The highest BCUT2D eigenvalue weighted by molar-refractivity contribution is 7.80. The van der Waals surface area contributed by atoms with Gasteiger partial charge in [-0.15, -0.1) is 11.3 Å². The maximum absolute atomic E-state index is 12.7. The lowest BCUT2D eigenvalue weighted by atomic mass is 10.1. The van der Waals surface area contributed by atoms with Crippen LogP contribution in [0.25, 0.3) is 20.8 Å². The molecule has 0 saturated carbocycles. The number of phenols is 1. The number of carbonyl (C=O) groups excluding carboxylic acids is 1. The van der Waals surface area contributed by atoms with Crippen LogP contribution in [0.4, 0.5) is 5.69 Å². The zero-order valence-corrected chi connectivity index (χ0v) is 20.6. The molecule has 0 aliphatic rings. The number of fused-ring (bicyclic) bond motifs is 1. The second-order valence-electron chi connectivity index (χ2n) is 7.81. The van der Waals surface area contributed by atoms with Gasteiger partial charge >= 0.3 is 0 Å². The van der Waals surface area contributed by atoms with Crippen LogP contribution in [-0.4, -0.2) is 27.7 Å². The second-order valence-corrected chi connectivity index (χ2v) is 9.25. The Balaban J connectivity index is 1.48. The zero-order valence-electron chi connectivity index (χ0n) is 18.9. The summed E-state index contributed by atoms with van der Waals surface area (Å²) in [6, 6.07) is 18.4. The largest absolute Gasteiger partial charge is 0.507 e. The highest BCUT2D eigenvalue weighted by Crippen LogP contribution is 2.38. The van der Waals surface area contributed by atoms with E-state index in [-0.39, 0.29) is 16.8 Å². The molecule has 0 radical (unpaired) electrons. The predicted octanol–water partition coefficient (Wildman–Crippen LogP) is 6.28. The van der Waals surface area contributed by atoms with E-state index in [1.807, 2.05) is 37.3 Å². The summed E-state index contributed by atoms with van der Waals surface area (Å²) in [5.41, 5.74) is 3.25. The molecule has 1 aromatic heterocycles.